The molecular weight excluding hydrogens is 342 g/mol. The summed E-state index contributed by atoms with van der Waals surface area (Å²) in [7, 11) is 0. The van der Waals surface area contributed by atoms with Crippen molar-refractivity contribution in [2.75, 3.05) is 5.32 Å². The molecule has 1 heterocycles. The van der Waals surface area contributed by atoms with Crippen LogP contribution in [0.5, 0.6) is 11.9 Å². The van der Waals surface area contributed by atoms with Crippen molar-refractivity contribution in [3.05, 3.63) is 53.6 Å². The van der Waals surface area contributed by atoms with Crippen molar-refractivity contribution in [1.29, 1.82) is 0 Å². The average Bonchev–Trinajstić information content (AvgIpc) is 2.61. The minimum absolute atomic E-state index is 0.0371. The highest BCUT2D eigenvalue weighted by Crippen LogP contribution is 2.20. The summed E-state index contributed by atoms with van der Waals surface area (Å²) in [5.41, 5.74) is 1.18. The zero-order valence-electron chi connectivity index (χ0n) is 13.6. The number of para-hydroxylation sites is 1. The molecule has 6 nitrogen and oxygen atoms in total. The molecule has 0 spiro atoms. The maximum atomic E-state index is 12.4. The van der Waals surface area contributed by atoms with Gasteiger partial charge in [0.2, 0.25) is 12.1 Å². The number of anilines is 1. The Hall–Kier alpha value is -2.86. The van der Waals surface area contributed by atoms with Gasteiger partial charge >= 0.3 is 11.9 Å². The molecule has 3 rings (SSSR count). The molecule has 0 aliphatic rings. The number of fused-ring (bicyclic) bond motifs is 1. The van der Waals surface area contributed by atoms with Gasteiger partial charge in [0.05, 0.1) is 0 Å². The summed E-state index contributed by atoms with van der Waals surface area (Å²) in [5.74, 6) is -0.342. The van der Waals surface area contributed by atoms with Crippen LogP contribution in [0, 0.1) is 0 Å². The van der Waals surface area contributed by atoms with E-state index in [-0.39, 0.29) is 24.3 Å². The summed E-state index contributed by atoms with van der Waals surface area (Å²) in [6.45, 7) is 2.06. The molecule has 0 aliphatic carbocycles. The standard InChI is InChI=1S/C18H16ClN3O3/c1-2-21-17(24)14-5-3-4-6-15(14)22(18(21)25)11-16(23)20-13-9-7-12(19)8-10-13/h3-10H,2,11H2,1H3,(H,20,23)/p+2. The minimum atomic E-state index is -0.305. The maximum absolute atomic E-state index is 12.4. The molecule has 2 aromatic carbocycles. The molecule has 0 aliphatic heterocycles. The lowest BCUT2D eigenvalue weighted by molar-refractivity contribution is -0.815. The predicted octanol–water partition coefficient (Wildman–Crippen LogP) is 2.14. The highest BCUT2D eigenvalue weighted by molar-refractivity contribution is 6.30. The largest absolute Gasteiger partial charge is 0.632 e. The summed E-state index contributed by atoms with van der Waals surface area (Å²) in [6.07, 6.45) is 0. The van der Waals surface area contributed by atoms with Crippen LogP contribution in [0.3, 0.4) is 0 Å². The Morgan fingerprint density at radius 3 is 2.44 bits per heavy atom. The van der Waals surface area contributed by atoms with Crippen LogP contribution in [0.25, 0.3) is 10.9 Å². The molecule has 7 heteroatoms. The second-order valence-electron chi connectivity index (χ2n) is 5.53. The lowest BCUT2D eigenvalue weighted by Gasteiger charge is -2.05. The number of benzene rings is 2. The Morgan fingerprint density at radius 2 is 1.76 bits per heavy atom. The monoisotopic (exact) mass is 359 g/mol. The van der Waals surface area contributed by atoms with Gasteiger partial charge in [-0.1, -0.05) is 32.9 Å². The summed E-state index contributed by atoms with van der Waals surface area (Å²) < 4.78 is 2.81. The number of nitrogens with one attached hydrogen (secondary N) is 1. The van der Waals surface area contributed by atoms with Gasteiger partial charge in [0.25, 0.3) is 5.91 Å². The predicted molar refractivity (Wildman–Crippen MR) is 93.4 cm³/mol. The van der Waals surface area contributed by atoms with Gasteiger partial charge in [-0.2, -0.15) is 0 Å². The van der Waals surface area contributed by atoms with E-state index in [0.29, 0.717) is 28.2 Å². The molecule has 0 fully saturated rings. The quantitative estimate of drug-likeness (QED) is 0.624. The van der Waals surface area contributed by atoms with Crippen molar-refractivity contribution < 1.29 is 24.1 Å². The van der Waals surface area contributed by atoms with Crippen LogP contribution in [-0.4, -0.2) is 16.1 Å². The molecule has 1 aromatic heterocycles. The molecule has 0 atom stereocenters. The molecule has 1 amide bonds. The second kappa shape index (κ2) is 6.94. The van der Waals surface area contributed by atoms with Gasteiger partial charge in [-0.05, 0) is 37.3 Å². The molecule has 0 saturated carbocycles. The number of rotatable bonds is 4. The Balaban J connectivity index is 1.97. The molecule has 128 valence electrons. The zero-order valence-corrected chi connectivity index (χ0v) is 14.4. The van der Waals surface area contributed by atoms with Crippen molar-refractivity contribution in [2.45, 2.75) is 20.0 Å². The van der Waals surface area contributed by atoms with E-state index >= 15 is 0 Å². The minimum Gasteiger partial charge on any atom is -0.459 e. The normalized spacial score (nSPS) is 10.8. The van der Waals surface area contributed by atoms with Crippen LogP contribution < -0.4 is 14.5 Å². The van der Waals surface area contributed by atoms with Gasteiger partial charge in [0, 0.05) is 16.8 Å². The van der Waals surface area contributed by atoms with Crippen LogP contribution in [0.2, 0.25) is 5.02 Å². The lowest BCUT2D eigenvalue weighted by atomic mass is 10.2. The molecule has 0 radical (unpaired) electrons. The molecule has 3 aromatic rings. The summed E-state index contributed by atoms with van der Waals surface area (Å²) >= 11 is 5.84. The number of nitrogens with zero attached hydrogens (tertiary/aromatic N) is 2. The Bertz CT molecular complexity index is 942. The van der Waals surface area contributed by atoms with E-state index in [2.05, 4.69) is 5.32 Å². The number of hydrogen-bond acceptors (Lipinski definition) is 3. The number of aromatic nitrogens is 2. The van der Waals surface area contributed by atoms with E-state index in [1.807, 2.05) is 0 Å². The second-order valence-corrected chi connectivity index (χ2v) is 5.96. The number of halogens is 1. The van der Waals surface area contributed by atoms with Crippen LogP contribution in [0.4, 0.5) is 5.69 Å². The van der Waals surface area contributed by atoms with Gasteiger partial charge in [-0.25, -0.2) is 0 Å². The van der Waals surface area contributed by atoms with Crippen molar-refractivity contribution in [3.8, 4) is 11.9 Å². The molecule has 0 unspecified atom stereocenters. The number of aromatic hydroxyl groups is 2. The summed E-state index contributed by atoms with van der Waals surface area (Å²) in [6, 6.07) is 13.6. The third-order valence-corrected chi connectivity index (χ3v) is 4.17. The van der Waals surface area contributed by atoms with E-state index in [1.165, 1.54) is 9.13 Å². The first kappa shape index (κ1) is 17.0. The van der Waals surface area contributed by atoms with Crippen LogP contribution >= 0.6 is 11.6 Å². The number of carbonyl (C=O) groups excluding carboxylic acids is 1. The number of carbonyl (C=O) groups is 1. The maximum Gasteiger partial charge on any atom is 0.632 e. The molecular formula is C18H18ClN3O3+2. The first-order valence-electron chi connectivity index (χ1n) is 7.83. The van der Waals surface area contributed by atoms with Crippen LogP contribution in [-0.2, 0) is 17.9 Å². The Morgan fingerprint density at radius 1 is 1.08 bits per heavy atom. The molecule has 25 heavy (non-hydrogen) atoms. The van der Waals surface area contributed by atoms with Gasteiger partial charge < -0.3 is 15.5 Å². The van der Waals surface area contributed by atoms with Crippen molar-refractivity contribution >= 4 is 34.1 Å². The molecule has 0 saturated heterocycles. The van der Waals surface area contributed by atoms with Crippen LogP contribution in [0.15, 0.2) is 48.5 Å². The lowest BCUT2D eigenvalue weighted by Crippen LogP contribution is -2.50. The van der Waals surface area contributed by atoms with Crippen molar-refractivity contribution in [3.63, 3.8) is 0 Å². The Labute approximate surface area is 149 Å². The molecule has 3 N–H and O–H groups in total. The smallest absolute Gasteiger partial charge is 0.459 e. The van der Waals surface area contributed by atoms with Gasteiger partial charge in [0.1, 0.15) is 0 Å². The SMILES string of the molecule is CC[n+]1c(O)c2ccccc2[n+](CC(=O)Nc2ccc(Cl)cc2)c1O. The van der Waals surface area contributed by atoms with E-state index in [9.17, 15) is 15.0 Å². The zero-order chi connectivity index (χ0) is 18.0. The third-order valence-electron chi connectivity index (χ3n) is 3.92. The Kier molecular flexibility index (Phi) is 4.72. The van der Waals surface area contributed by atoms with E-state index in [4.69, 9.17) is 11.6 Å². The topological polar surface area (TPSA) is 77.3 Å². The van der Waals surface area contributed by atoms with Gasteiger partial charge in [-0.3, -0.25) is 4.79 Å². The van der Waals surface area contributed by atoms with Crippen LogP contribution in [0.1, 0.15) is 6.92 Å². The van der Waals surface area contributed by atoms with E-state index in [0.717, 1.165) is 0 Å². The highest BCUT2D eigenvalue weighted by atomic mass is 35.5. The summed E-state index contributed by atoms with van der Waals surface area (Å²) in [5, 5.41) is 24.7. The first-order valence-corrected chi connectivity index (χ1v) is 8.20. The summed E-state index contributed by atoms with van der Waals surface area (Å²) in [4.78, 5) is 12.4. The van der Waals surface area contributed by atoms with Crippen molar-refractivity contribution in [2.24, 2.45) is 0 Å². The van der Waals surface area contributed by atoms with E-state index in [1.54, 1.807) is 55.5 Å². The highest BCUT2D eigenvalue weighted by Gasteiger charge is 2.33. The fraction of sp³-hybridized carbons (Fsp3) is 0.167. The van der Waals surface area contributed by atoms with Gasteiger partial charge in [-0.15, -0.1) is 0 Å². The number of amides is 1. The van der Waals surface area contributed by atoms with E-state index < -0.39 is 0 Å². The molecule has 0 bridgehead atoms. The third kappa shape index (κ3) is 3.34. The van der Waals surface area contributed by atoms with Gasteiger partial charge in [0.15, 0.2) is 11.9 Å². The van der Waals surface area contributed by atoms with Crippen molar-refractivity contribution in [1.82, 2.24) is 0 Å². The number of hydrogen-bond donors (Lipinski definition) is 3. The fourth-order valence-corrected chi connectivity index (χ4v) is 2.84. The first-order chi connectivity index (χ1) is 12.0. The average molecular weight is 360 g/mol. The fourth-order valence-electron chi connectivity index (χ4n) is 2.72.